The summed E-state index contributed by atoms with van der Waals surface area (Å²) in [5, 5.41) is 12.4. The normalized spacial score (nSPS) is 19.0. The Morgan fingerprint density at radius 3 is 2.93 bits per heavy atom. The van der Waals surface area contributed by atoms with Gasteiger partial charge in [0.2, 0.25) is 0 Å². The van der Waals surface area contributed by atoms with Gasteiger partial charge in [0.15, 0.2) is 5.69 Å². The van der Waals surface area contributed by atoms with E-state index in [-0.39, 0.29) is 11.1 Å². The molecule has 0 saturated heterocycles. The topological polar surface area (TPSA) is 63.3 Å². The van der Waals surface area contributed by atoms with Gasteiger partial charge in [-0.05, 0) is 18.3 Å². The van der Waals surface area contributed by atoms with Crippen LogP contribution in [0.5, 0.6) is 0 Å². The summed E-state index contributed by atoms with van der Waals surface area (Å²) in [7, 11) is 0. The largest absolute Gasteiger partial charge is 0.476 e. The Hall–Kier alpha value is -1.32. The molecule has 1 aromatic rings. The Morgan fingerprint density at radius 1 is 1.57 bits per heavy atom. The second-order valence-corrected chi connectivity index (χ2v) is 4.58. The van der Waals surface area contributed by atoms with Gasteiger partial charge in [-0.25, -0.2) is 4.79 Å². The van der Waals surface area contributed by atoms with E-state index < -0.39 is 5.97 Å². The zero-order valence-corrected chi connectivity index (χ0v) is 8.33. The van der Waals surface area contributed by atoms with E-state index >= 15 is 0 Å². The van der Waals surface area contributed by atoms with Crippen LogP contribution in [-0.2, 0) is 12.8 Å². The van der Waals surface area contributed by atoms with Crippen LogP contribution in [0.4, 0.5) is 0 Å². The molecule has 0 unspecified atom stereocenters. The molecule has 76 valence electrons. The molecule has 4 heteroatoms. The number of carbonyl (C=O) groups is 1. The molecule has 0 atom stereocenters. The van der Waals surface area contributed by atoms with E-state index in [1.165, 1.54) is 0 Å². The SMILES string of the molecule is CC1(C)CCc2c(C(=O)O)noc2C1. The molecule has 1 N–H and O–H groups in total. The van der Waals surface area contributed by atoms with Crippen LogP contribution < -0.4 is 0 Å². The quantitative estimate of drug-likeness (QED) is 0.743. The maximum absolute atomic E-state index is 10.8. The number of fused-ring (bicyclic) bond motifs is 1. The fraction of sp³-hybridized carbons (Fsp3) is 0.600. The highest BCUT2D eigenvalue weighted by Gasteiger charge is 2.32. The molecule has 0 saturated carbocycles. The lowest BCUT2D eigenvalue weighted by molar-refractivity contribution is 0.0684. The van der Waals surface area contributed by atoms with Gasteiger partial charge in [-0.3, -0.25) is 0 Å². The van der Waals surface area contributed by atoms with Crippen LogP contribution >= 0.6 is 0 Å². The Labute approximate surface area is 81.9 Å². The summed E-state index contributed by atoms with van der Waals surface area (Å²) in [5.74, 6) is -0.242. The molecule has 0 aromatic carbocycles. The van der Waals surface area contributed by atoms with Crippen molar-refractivity contribution in [3.8, 4) is 0 Å². The average Bonchev–Trinajstić information content (AvgIpc) is 2.44. The number of aromatic carboxylic acids is 1. The number of aromatic nitrogens is 1. The highest BCUT2D eigenvalue weighted by atomic mass is 16.5. The minimum atomic E-state index is -0.991. The molecule has 4 nitrogen and oxygen atoms in total. The van der Waals surface area contributed by atoms with Crippen LogP contribution in [0, 0.1) is 5.41 Å². The lowest BCUT2D eigenvalue weighted by Gasteiger charge is -2.27. The fourth-order valence-corrected chi connectivity index (χ4v) is 1.89. The number of carboxylic acids is 1. The second kappa shape index (κ2) is 2.83. The Balaban J connectivity index is 2.39. The molecule has 1 aliphatic rings. The number of nitrogens with zero attached hydrogens (tertiary/aromatic N) is 1. The first-order valence-corrected chi connectivity index (χ1v) is 4.70. The van der Waals surface area contributed by atoms with Crippen molar-refractivity contribution in [3.63, 3.8) is 0 Å². The predicted octanol–water partition coefficient (Wildman–Crippen LogP) is 1.89. The molecule has 1 aromatic heterocycles. The predicted molar refractivity (Wildman–Crippen MR) is 49.3 cm³/mol. The molecule has 1 heterocycles. The average molecular weight is 195 g/mol. The van der Waals surface area contributed by atoms with Crippen molar-refractivity contribution in [2.45, 2.75) is 33.1 Å². The fourth-order valence-electron chi connectivity index (χ4n) is 1.89. The molecule has 0 radical (unpaired) electrons. The third-order valence-electron chi connectivity index (χ3n) is 2.76. The molecular weight excluding hydrogens is 182 g/mol. The standard InChI is InChI=1S/C10H13NO3/c1-10(2)4-3-6-7(5-10)14-11-8(6)9(12)13/h3-5H2,1-2H3,(H,12,13). The van der Waals surface area contributed by atoms with Gasteiger partial charge in [0.25, 0.3) is 0 Å². The van der Waals surface area contributed by atoms with Crippen LogP contribution in [0.3, 0.4) is 0 Å². The first-order valence-electron chi connectivity index (χ1n) is 4.70. The van der Waals surface area contributed by atoms with Crippen molar-refractivity contribution in [1.29, 1.82) is 0 Å². The summed E-state index contributed by atoms with van der Waals surface area (Å²) in [6, 6.07) is 0. The van der Waals surface area contributed by atoms with Crippen molar-refractivity contribution in [2.24, 2.45) is 5.41 Å². The van der Waals surface area contributed by atoms with Gasteiger partial charge < -0.3 is 9.63 Å². The molecule has 1 aliphatic carbocycles. The molecule has 0 aliphatic heterocycles. The van der Waals surface area contributed by atoms with E-state index in [0.29, 0.717) is 0 Å². The van der Waals surface area contributed by atoms with Crippen molar-refractivity contribution in [1.82, 2.24) is 5.16 Å². The van der Waals surface area contributed by atoms with Gasteiger partial charge in [-0.2, -0.15) is 0 Å². The molecule has 2 rings (SSSR count). The minimum Gasteiger partial charge on any atom is -0.476 e. The van der Waals surface area contributed by atoms with Gasteiger partial charge in [0, 0.05) is 12.0 Å². The van der Waals surface area contributed by atoms with E-state index in [1.807, 2.05) is 0 Å². The van der Waals surface area contributed by atoms with E-state index in [1.54, 1.807) is 0 Å². The van der Waals surface area contributed by atoms with Gasteiger partial charge in [0.1, 0.15) is 5.76 Å². The van der Waals surface area contributed by atoms with Crippen LogP contribution in [0.25, 0.3) is 0 Å². The summed E-state index contributed by atoms with van der Waals surface area (Å²) in [5.41, 5.74) is 1.08. The van der Waals surface area contributed by atoms with Crippen molar-refractivity contribution in [2.75, 3.05) is 0 Å². The summed E-state index contributed by atoms with van der Waals surface area (Å²) in [6.07, 6.45) is 2.53. The number of hydrogen-bond donors (Lipinski definition) is 1. The lowest BCUT2D eigenvalue weighted by Crippen LogP contribution is -2.22. The molecule has 0 bridgehead atoms. The van der Waals surface area contributed by atoms with Crippen LogP contribution in [-0.4, -0.2) is 16.2 Å². The summed E-state index contributed by atoms with van der Waals surface area (Å²) < 4.78 is 5.05. The molecule has 0 amide bonds. The zero-order chi connectivity index (χ0) is 10.3. The second-order valence-electron chi connectivity index (χ2n) is 4.58. The van der Waals surface area contributed by atoms with Crippen molar-refractivity contribution in [3.05, 3.63) is 17.0 Å². The van der Waals surface area contributed by atoms with Crippen molar-refractivity contribution < 1.29 is 14.4 Å². The summed E-state index contributed by atoms with van der Waals surface area (Å²) >= 11 is 0. The van der Waals surface area contributed by atoms with Gasteiger partial charge in [0.05, 0.1) is 0 Å². The molecule has 0 spiro atoms. The highest BCUT2D eigenvalue weighted by Crippen LogP contribution is 2.35. The van der Waals surface area contributed by atoms with Crippen LogP contribution in [0.15, 0.2) is 4.52 Å². The zero-order valence-electron chi connectivity index (χ0n) is 8.33. The monoisotopic (exact) mass is 195 g/mol. The van der Waals surface area contributed by atoms with E-state index in [9.17, 15) is 4.79 Å². The third kappa shape index (κ3) is 1.41. The maximum atomic E-state index is 10.8. The Bertz CT molecular complexity index is 379. The van der Waals surface area contributed by atoms with E-state index in [2.05, 4.69) is 19.0 Å². The van der Waals surface area contributed by atoms with E-state index in [0.717, 1.165) is 30.6 Å². The van der Waals surface area contributed by atoms with Gasteiger partial charge in [-0.1, -0.05) is 19.0 Å². The molecule has 0 fully saturated rings. The molecular formula is C10H13NO3. The van der Waals surface area contributed by atoms with E-state index in [4.69, 9.17) is 9.63 Å². The van der Waals surface area contributed by atoms with Gasteiger partial charge >= 0.3 is 5.97 Å². The smallest absolute Gasteiger partial charge is 0.358 e. The Kier molecular flexibility index (Phi) is 1.87. The van der Waals surface area contributed by atoms with Gasteiger partial charge in [-0.15, -0.1) is 0 Å². The first kappa shape index (κ1) is 9.24. The Morgan fingerprint density at radius 2 is 2.29 bits per heavy atom. The first-order chi connectivity index (χ1) is 6.49. The minimum absolute atomic E-state index is 0.0931. The van der Waals surface area contributed by atoms with Crippen LogP contribution in [0.1, 0.15) is 42.1 Å². The lowest BCUT2D eigenvalue weighted by atomic mass is 9.77. The summed E-state index contributed by atoms with van der Waals surface area (Å²) in [4.78, 5) is 10.8. The number of rotatable bonds is 1. The molecule has 14 heavy (non-hydrogen) atoms. The summed E-state index contributed by atoms with van der Waals surface area (Å²) in [6.45, 7) is 4.30. The van der Waals surface area contributed by atoms with Crippen LogP contribution in [0.2, 0.25) is 0 Å². The van der Waals surface area contributed by atoms with Crippen molar-refractivity contribution >= 4 is 5.97 Å². The number of hydrogen-bond acceptors (Lipinski definition) is 3. The highest BCUT2D eigenvalue weighted by molar-refractivity contribution is 5.87. The number of carboxylic acid groups (broad SMARTS) is 1. The maximum Gasteiger partial charge on any atom is 0.358 e. The third-order valence-corrected chi connectivity index (χ3v) is 2.76.